The summed E-state index contributed by atoms with van der Waals surface area (Å²) >= 11 is 0. The first-order valence-electron chi connectivity index (χ1n) is 6.92. The molecular weight excluding hydrogens is 246 g/mol. The van der Waals surface area contributed by atoms with E-state index < -0.39 is 5.82 Å². The maximum Gasteiger partial charge on any atom is 0.127 e. The molecule has 0 amide bonds. The van der Waals surface area contributed by atoms with Crippen molar-refractivity contribution in [1.82, 2.24) is 4.90 Å². The van der Waals surface area contributed by atoms with E-state index >= 15 is 0 Å². The van der Waals surface area contributed by atoms with E-state index in [2.05, 4.69) is 18.7 Å². The molecular formula is C15H24F2N2. The lowest BCUT2D eigenvalue weighted by Gasteiger charge is -2.42. The first-order valence-corrected chi connectivity index (χ1v) is 6.92. The number of likely N-dealkylation sites (N-methyl/N-ethyl adjacent to an activating group) is 1. The van der Waals surface area contributed by atoms with Gasteiger partial charge in [-0.2, -0.15) is 0 Å². The van der Waals surface area contributed by atoms with Crippen molar-refractivity contribution in [3.8, 4) is 0 Å². The fraction of sp³-hybridized carbons (Fsp3) is 0.600. The maximum absolute atomic E-state index is 13.7. The molecule has 0 unspecified atom stereocenters. The molecule has 2 nitrogen and oxygen atoms in total. The Morgan fingerprint density at radius 1 is 1.16 bits per heavy atom. The molecule has 0 fully saturated rings. The van der Waals surface area contributed by atoms with Crippen LogP contribution in [0.3, 0.4) is 0 Å². The monoisotopic (exact) mass is 270 g/mol. The summed E-state index contributed by atoms with van der Waals surface area (Å²) in [6.07, 6.45) is 1.79. The summed E-state index contributed by atoms with van der Waals surface area (Å²) in [7, 11) is 0. The van der Waals surface area contributed by atoms with Crippen LogP contribution in [0, 0.1) is 11.6 Å². The lowest BCUT2D eigenvalue weighted by Crippen LogP contribution is -2.52. The predicted octanol–water partition coefficient (Wildman–Crippen LogP) is 3.30. The number of nitrogens with two attached hydrogens (primary N) is 1. The summed E-state index contributed by atoms with van der Waals surface area (Å²) in [5.41, 5.74) is 6.16. The Balaban J connectivity index is 3.01. The maximum atomic E-state index is 13.7. The van der Waals surface area contributed by atoms with Gasteiger partial charge in [0.15, 0.2) is 0 Å². The van der Waals surface area contributed by atoms with Crippen molar-refractivity contribution in [2.75, 3.05) is 13.1 Å². The van der Waals surface area contributed by atoms with E-state index in [1.54, 1.807) is 0 Å². The Morgan fingerprint density at radius 3 is 2.26 bits per heavy atom. The third-order valence-corrected chi connectivity index (χ3v) is 4.12. The van der Waals surface area contributed by atoms with Crippen molar-refractivity contribution in [1.29, 1.82) is 0 Å². The van der Waals surface area contributed by atoms with Crippen LogP contribution in [0.25, 0.3) is 0 Å². The Bertz CT molecular complexity index is 395. The molecule has 1 aromatic rings. The van der Waals surface area contributed by atoms with Crippen LogP contribution in [-0.2, 0) is 6.54 Å². The SMILES string of the molecule is CCN(Cc1cc(F)ccc1F)C(CC)(CC)CN. The first kappa shape index (κ1) is 16.1. The zero-order valence-electron chi connectivity index (χ0n) is 12.0. The molecule has 0 atom stereocenters. The average molecular weight is 270 g/mol. The van der Waals surface area contributed by atoms with E-state index in [-0.39, 0.29) is 11.4 Å². The van der Waals surface area contributed by atoms with Crippen LogP contribution in [0.2, 0.25) is 0 Å². The van der Waals surface area contributed by atoms with E-state index in [1.807, 2.05) is 6.92 Å². The molecule has 0 radical (unpaired) electrons. The summed E-state index contributed by atoms with van der Waals surface area (Å²) in [6.45, 7) is 7.85. The Hall–Kier alpha value is -1.00. The minimum absolute atomic E-state index is 0.145. The lowest BCUT2D eigenvalue weighted by molar-refractivity contribution is 0.0815. The Morgan fingerprint density at radius 2 is 1.79 bits per heavy atom. The average Bonchev–Trinajstić information content (AvgIpc) is 2.43. The molecule has 108 valence electrons. The van der Waals surface area contributed by atoms with Crippen molar-refractivity contribution < 1.29 is 8.78 Å². The number of hydrogen-bond acceptors (Lipinski definition) is 2. The summed E-state index contributed by atoms with van der Waals surface area (Å²) in [6, 6.07) is 3.59. The van der Waals surface area contributed by atoms with Crippen molar-refractivity contribution in [3.63, 3.8) is 0 Å². The fourth-order valence-electron chi connectivity index (χ4n) is 2.60. The van der Waals surface area contributed by atoms with Gasteiger partial charge in [0, 0.05) is 24.2 Å². The van der Waals surface area contributed by atoms with E-state index in [1.165, 1.54) is 12.1 Å². The van der Waals surface area contributed by atoms with E-state index in [0.29, 0.717) is 18.7 Å². The molecule has 1 aromatic carbocycles. The Labute approximate surface area is 114 Å². The second-order valence-corrected chi connectivity index (χ2v) is 4.89. The smallest absolute Gasteiger partial charge is 0.127 e. The number of hydrogen-bond donors (Lipinski definition) is 1. The minimum Gasteiger partial charge on any atom is -0.329 e. The quantitative estimate of drug-likeness (QED) is 0.823. The number of rotatable bonds is 7. The molecule has 0 aliphatic heterocycles. The van der Waals surface area contributed by atoms with Gasteiger partial charge in [0.2, 0.25) is 0 Å². The molecule has 4 heteroatoms. The molecule has 0 heterocycles. The van der Waals surface area contributed by atoms with Crippen molar-refractivity contribution >= 4 is 0 Å². The molecule has 0 saturated heterocycles. The second-order valence-electron chi connectivity index (χ2n) is 4.89. The molecule has 0 bridgehead atoms. The number of nitrogens with zero attached hydrogens (tertiary/aromatic N) is 1. The van der Waals surface area contributed by atoms with Gasteiger partial charge in [0.1, 0.15) is 11.6 Å². The topological polar surface area (TPSA) is 29.3 Å². The van der Waals surface area contributed by atoms with Crippen LogP contribution in [0.15, 0.2) is 18.2 Å². The van der Waals surface area contributed by atoms with Gasteiger partial charge < -0.3 is 5.73 Å². The first-order chi connectivity index (χ1) is 9.02. The standard InChI is InChI=1S/C15H24F2N2/c1-4-15(5-2,11-18)19(6-3)10-12-9-13(16)7-8-14(12)17/h7-9H,4-6,10-11,18H2,1-3H3. The number of benzene rings is 1. The zero-order chi connectivity index (χ0) is 14.5. The van der Waals surface area contributed by atoms with E-state index in [4.69, 9.17) is 5.73 Å². The third kappa shape index (κ3) is 3.51. The molecule has 1 rings (SSSR count). The summed E-state index contributed by atoms with van der Waals surface area (Å²) in [5.74, 6) is -0.767. The molecule has 0 saturated carbocycles. The molecule has 2 N–H and O–H groups in total. The van der Waals surface area contributed by atoms with Crippen molar-refractivity contribution in [2.24, 2.45) is 5.73 Å². The predicted molar refractivity (Wildman–Crippen MR) is 74.8 cm³/mol. The highest BCUT2D eigenvalue weighted by Gasteiger charge is 2.31. The van der Waals surface area contributed by atoms with Gasteiger partial charge in [-0.3, -0.25) is 4.90 Å². The van der Waals surface area contributed by atoms with Gasteiger partial charge in [-0.15, -0.1) is 0 Å². The molecule has 0 aliphatic carbocycles. The summed E-state index contributed by atoms with van der Waals surface area (Å²) in [4.78, 5) is 2.14. The molecule has 0 spiro atoms. The van der Waals surface area contributed by atoms with Crippen LogP contribution < -0.4 is 5.73 Å². The largest absolute Gasteiger partial charge is 0.329 e. The lowest BCUT2D eigenvalue weighted by atomic mass is 9.90. The fourth-order valence-corrected chi connectivity index (χ4v) is 2.60. The summed E-state index contributed by atoms with van der Waals surface area (Å²) in [5, 5.41) is 0. The highest BCUT2D eigenvalue weighted by Crippen LogP contribution is 2.25. The molecule has 19 heavy (non-hydrogen) atoms. The van der Waals surface area contributed by atoms with Crippen molar-refractivity contribution in [3.05, 3.63) is 35.4 Å². The minimum atomic E-state index is -0.404. The zero-order valence-corrected chi connectivity index (χ0v) is 12.0. The van der Waals surface area contributed by atoms with E-state index in [9.17, 15) is 8.78 Å². The van der Waals surface area contributed by atoms with Crippen LogP contribution in [-0.4, -0.2) is 23.5 Å². The highest BCUT2D eigenvalue weighted by molar-refractivity contribution is 5.19. The van der Waals surface area contributed by atoms with Crippen molar-refractivity contribution in [2.45, 2.75) is 45.7 Å². The van der Waals surface area contributed by atoms with Gasteiger partial charge in [-0.05, 0) is 37.6 Å². The number of halogens is 2. The molecule has 0 aromatic heterocycles. The molecule has 0 aliphatic rings. The highest BCUT2D eigenvalue weighted by atomic mass is 19.1. The second kappa shape index (κ2) is 6.96. The van der Waals surface area contributed by atoms with Gasteiger partial charge in [0.25, 0.3) is 0 Å². The van der Waals surface area contributed by atoms with Gasteiger partial charge >= 0.3 is 0 Å². The van der Waals surface area contributed by atoms with Crippen LogP contribution in [0.4, 0.5) is 8.78 Å². The third-order valence-electron chi connectivity index (χ3n) is 4.12. The van der Waals surface area contributed by atoms with E-state index in [0.717, 1.165) is 25.5 Å². The van der Waals surface area contributed by atoms with Crippen LogP contribution in [0.5, 0.6) is 0 Å². The van der Waals surface area contributed by atoms with Crippen LogP contribution >= 0.6 is 0 Å². The van der Waals surface area contributed by atoms with Gasteiger partial charge in [-0.25, -0.2) is 8.78 Å². The van der Waals surface area contributed by atoms with Gasteiger partial charge in [0.05, 0.1) is 0 Å². The Kier molecular flexibility index (Phi) is 5.88. The summed E-state index contributed by atoms with van der Waals surface area (Å²) < 4.78 is 27.0. The normalized spacial score (nSPS) is 12.2. The van der Waals surface area contributed by atoms with Gasteiger partial charge in [-0.1, -0.05) is 20.8 Å². The van der Waals surface area contributed by atoms with Crippen LogP contribution in [0.1, 0.15) is 39.2 Å².